The lowest BCUT2D eigenvalue weighted by atomic mass is 9.97. The Hall–Kier alpha value is -2.38. The predicted molar refractivity (Wildman–Crippen MR) is 98.6 cm³/mol. The van der Waals surface area contributed by atoms with Crippen molar-refractivity contribution in [2.45, 2.75) is 25.0 Å². The van der Waals surface area contributed by atoms with Gasteiger partial charge in [0.25, 0.3) is 5.91 Å². The van der Waals surface area contributed by atoms with Crippen molar-refractivity contribution in [3.63, 3.8) is 0 Å². The van der Waals surface area contributed by atoms with Crippen LogP contribution in [-0.4, -0.2) is 64.8 Å². The maximum atomic E-state index is 13.1. The molecule has 1 aromatic heterocycles. The van der Waals surface area contributed by atoms with Gasteiger partial charge in [0.05, 0.1) is 18.8 Å². The van der Waals surface area contributed by atoms with Crippen LogP contribution < -0.4 is 5.73 Å². The van der Waals surface area contributed by atoms with Crippen molar-refractivity contribution in [3.05, 3.63) is 47.7 Å². The topological polar surface area (TPSA) is 87.5 Å². The van der Waals surface area contributed by atoms with Gasteiger partial charge in [0.15, 0.2) is 0 Å². The summed E-state index contributed by atoms with van der Waals surface area (Å²) in [7, 11) is 0. The summed E-state index contributed by atoms with van der Waals surface area (Å²) in [5.41, 5.74) is 7.20. The third-order valence-electron chi connectivity index (χ3n) is 5.22. The van der Waals surface area contributed by atoms with E-state index in [1.165, 1.54) is 12.8 Å². The monoisotopic (exact) mass is 355 g/mol. The molecule has 138 valence electrons. The van der Waals surface area contributed by atoms with Crippen LogP contribution >= 0.6 is 0 Å². The molecule has 2 aliphatic rings. The maximum Gasteiger partial charge on any atom is 0.272 e. The molecule has 2 aromatic rings. The van der Waals surface area contributed by atoms with Gasteiger partial charge >= 0.3 is 0 Å². The largest absolute Gasteiger partial charge is 0.382 e. The number of nitrogens with one attached hydrogen (secondary N) is 1. The third-order valence-corrected chi connectivity index (χ3v) is 5.22. The number of rotatable bonds is 4. The Bertz CT molecular complexity index is 741. The number of amides is 1. The minimum absolute atomic E-state index is 0.0477. The van der Waals surface area contributed by atoms with Crippen molar-refractivity contribution < 1.29 is 9.53 Å². The molecule has 0 spiro atoms. The average Bonchev–Trinajstić information content (AvgIpc) is 3.33. The first-order valence-electron chi connectivity index (χ1n) is 9.23. The minimum Gasteiger partial charge on any atom is -0.382 e. The zero-order chi connectivity index (χ0) is 17.9. The van der Waals surface area contributed by atoms with Crippen LogP contribution in [-0.2, 0) is 4.74 Å². The Morgan fingerprint density at radius 3 is 2.69 bits per heavy atom. The highest BCUT2D eigenvalue weighted by Gasteiger charge is 2.38. The number of likely N-dealkylation sites (tertiary alicyclic amines) is 1. The molecule has 0 saturated carbocycles. The summed E-state index contributed by atoms with van der Waals surface area (Å²) in [6.07, 6.45) is 2.42. The summed E-state index contributed by atoms with van der Waals surface area (Å²) in [4.78, 5) is 17.4. The van der Waals surface area contributed by atoms with Gasteiger partial charge in [-0.3, -0.25) is 9.89 Å². The molecule has 4 rings (SSSR count). The van der Waals surface area contributed by atoms with Crippen molar-refractivity contribution >= 4 is 11.7 Å². The molecule has 0 radical (unpaired) electrons. The van der Waals surface area contributed by atoms with E-state index in [2.05, 4.69) is 27.2 Å². The van der Waals surface area contributed by atoms with Gasteiger partial charge in [-0.25, -0.2) is 0 Å². The second kappa shape index (κ2) is 7.47. The van der Waals surface area contributed by atoms with Gasteiger partial charge in [-0.1, -0.05) is 30.3 Å². The van der Waals surface area contributed by atoms with Crippen molar-refractivity contribution in [3.8, 4) is 0 Å². The maximum absolute atomic E-state index is 13.1. The number of hydrogen-bond acceptors (Lipinski definition) is 5. The normalized spacial score (nSPS) is 24.1. The van der Waals surface area contributed by atoms with Crippen LogP contribution in [0.4, 0.5) is 5.82 Å². The molecule has 0 aliphatic carbocycles. The fraction of sp³-hybridized carbons (Fsp3) is 0.474. The standard InChI is InChI=1S/C19H25N5O2/c20-17-12-15(21-22-17)19(25)24-10-11-26-16(13-23-8-4-5-9-23)18(24)14-6-2-1-3-7-14/h1-3,6-7,12,16,18H,4-5,8-11,13H2,(H3,20,21,22)/t16-,18-/m0/s1. The SMILES string of the molecule is Nc1cc(C(=O)N2CCO[C@@H](CN3CCCC3)[C@@H]2c2ccccc2)[nH]n1. The van der Waals surface area contributed by atoms with Crippen LogP contribution in [0.3, 0.4) is 0 Å². The molecule has 2 atom stereocenters. The number of aromatic amines is 1. The number of hydrogen-bond donors (Lipinski definition) is 2. The average molecular weight is 355 g/mol. The van der Waals surface area contributed by atoms with E-state index in [4.69, 9.17) is 10.5 Å². The van der Waals surface area contributed by atoms with Gasteiger partial charge in [0.2, 0.25) is 0 Å². The lowest BCUT2D eigenvalue weighted by Gasteiger charge is -2.42. The quantitative estimate of drug-likeness (QED) is 0.871. The van der Waals surface area contributed by atoms with Gasteiger partial charge in [-0.2, -0.15) is 5.10 Å². The molecule has 3 N–H and O–H groups in total. The first kappa shape index (κ1) is 17.1. The number of nitrogen functional groups attached to an aromatic ring is 1. The summed E-state index contributed by atoms with van der Waals surface area (Å²) in [6.45, 7) is 4.14. The number of anilines is 1. The van der Waals surface area contributed by atoms with Gasteiger partial charge in [-0.15, -0.1) is 0 Å². The fourth-order valence-electron chi connectivity index (χ4n) is 3.98. The van der Waals surface area contributed by atoms with Crippen molar-refractivity contribution in [1.82, 2.24) is 20.0 Å². The molecule has 3 heterocycles. The second-order valence-corrected chi connectivity index (χ2v) is 6.98. The Morgan fingerprint density at radius 1 is 1.23 bits per heavy atom. The third kappa shape index (κ3) is 3.45. The van der Waals surface area contributed by atoms with E-state index in [-0.39, 0.29) is 18.1 Å². The van der Waals surface area contributed by atoms with E-state index in [0.29, 0.717) is 24.7 Å². The van der Waals surface area contributed by atoms with Crippen LogP contribution in [0.5, 0.6) is 0 Å². The highest BCUT2D eigenvalue weighted by Crippen LogP contribution is 2.32. The summed E-state index contributed by atoms with van der Waals surface area (Å²) < 4.78 is 6.14. The number of H-pyrrole nitrogens is 1. The smallest absolute Gasteiger partial charge is 0.272 e. The molecule has 0 bridgehead atoms. The molecular weight excluding hydrogens is 330 g/mol. The Balaban J connectivity index is 1.63. The second-order valence-electron chi connectivity index (χ2n) is 6.98. The Morgan fingerprint density at radius 2 is 2.00 bits per heavy atom. The molecule has 1 amide bonds. The van der Waals surface area contributed by atoms with E-state index in [1.54, 1.807) is 6.07 Å². The minimum atomic E-state index is -0.123. The molecule has 1 aromatic carbocycles. The molecule has 26 heavy (non-hydrogen) atoms. The van der Waals surface area contributed by atoms with Crippen molar-refractivity contribution in [2.75, 3.05) is 38.5 Å². The zero-order valence-corrected chi connectivity index (χ0v) is 14.8. The number of carbonyl (C=O) groups is 1. The number of carbonyl (C=O) groups excluding carboxylic acids is 1. The van der Waals surface area contributed by atoms with Crippen molar-refractivity contribution in [1.29, 1.82) is 0 Å². The van der Waals surface area contributed by atoms with E-state index < -0.39 is 0 Å². The molecule has 7 nitrogen and oxygen atoms in total. The molecule has 2 fully saturated rings. The molecule has 2 aliphatic heterocycles. The molecule has 0 unspecified atom stereocenters. The van der Waals surface area contributed by atoms with Gasteiger partial charge in [0.1, 0.15) is 11.5 Å². The summed E-state index contributed by atoms with van der Waals surface area (Å²) in [5.74, 6) is 0.240. The van der Waals surface area contributed by atoms with Crippen LogP contribution in [0.2, 0.25) is 0 Å². The van der Waals surface area contributed by atoms with E-state index in [9.17, 15) is 4.79 Å². The Labute approximate surface area is 153 Å². The number of morpholine rings is 1. The lowest BCUT2D eigenvalue weighted by Crippen LogP contribution is -2.51. The lowest BCUT2D eigenvalue weighted by molar-refractivity contribution is -0.0708. The van der Waals surface area contributed by atoms with Crippen LogP contribution in [0.15, 0.2) is 36.4 Å². The molecular formula is C19H25N5O2. The van der Waals surface area contributed by atoms with Crippen molar-refractivity contribution in [2.24, 2.45) is 0 Å². The number of aromatic nitrogens is 2. The van der Waals surface area contributed by atoms with Crippen LogP contribution in [0.25, 0.3) is 0 Å². The van der Waals surface area contributed by atoms with E-state index in [0.717, 1.165) is 25.2 Å². The van der Waals surface area contributed by atoms with Crippen LogP contribution in [0, 0.1) is 0 Å². The molecule has 7 heteroatoms. The number of nitrogens with zero attached hydrogens (tertiary/aromatic N) is 3. The number of benzene rings is 1. The highest BCUT2D eigenvalue weighted by atomic mass is 16.5. The number of nitrogens with two attached hydrogens (primary N) is 1. The summed E-state index contributed by atoms with van der Waals surface area (Å²) in [6, 6.07) is 11.6. The Kier molecular flexibility index (Phi) is 4.90. The van der Waals surface area contributed by atoms with E-state index >= 15 is 0 Å². The zero-order valence-electron chi connectivity index (χ0n) is 14.8. The van der Waals surface area contributed by atoms with Gasteiger partial charge in [-0.05, 0) is 31.5 Å². The van der Waals surface area contributed by atoms with Crippen LogP contribution in [0.1, 0.15) is 34.9 Å². The fourth-order valence-corrected chi connectivity index (χ4v) is 3.98. The summed E-state index contributed by atoms with van der Waals surface area (Å²) >= 11 is 0. The summed E-state index contributed by atoms with van der Waals surface area (Å²) in [5, 5.41) is 6.64. The van der Waals surface area contributed by atoms with Gasteiger partial charge < -0.3 is 20.3 Å². The highest BCUT2D eigenvalue weighted by molar-refractivity contribution is 5.93. The predicted octanol–water partition coefficient (Wildman–Crippen LogP) is 1.67. The first-order chi connectivity index (χ1) is 12.7. The van der Waals surface area contributed by atoms with E-state index in [1.807, 2.05) is 23.1 Å². The number of ether oxygens (including phenoxy) is 1. The van der Waals surface area contributed by atoms with Gasteiger partial charge in [0, 0.05) is 19.2 Å². The first-order valence-corrected chi connectivity index (χ1v) is 9.23. The molecule has 2 saturated heterocycles.